The van der Waals surface area contributed by atoms with Gasteiger partial charge < -0.3 is 24.8 Å². The number of thioether (sulfide) groups is 1. The standard InChI is InChI=1S/C21H22N4O4S2/c1-27-16-6-3-14(4-7-16)12-22-20-24-25-21(31-20)30-13-19(26)23-15-5-8-17-18(11-15)29-10-2-9-28-17/h3-8,11H,2,9-10,12-13H2,1H3,(H,22,24)(H,23,26). The fourth-order valence-corrected chi connectivity index (χ4v) is 4.37. The molecular formula is C21H22N4O4S2. The molecule has 0 saturated heterocycles. The van der Waals surface area contributed by atoms with E-state index in [1.165, 1.54) is 23.1 Å². The molecule has 10 heteroatoms. The van der Waals surface area contributed by atoms with E-state index in [-0.39, 0.29) is 11.7 Å². The van der Waals surface area contributed by atoms with E-state index in [9.17, 15) is 4.79 Å². The number of aromatic nitrogens is 2. The third kappa shape index (κ3) is 6.02. The van der Waals surface area contributed by atoms with Gasteiger partial charge in [-0.05, 0) is 29.8 Å². The Balaban J connectivity index is 1.24. The molecule has 0 radical (unpaired) electrons. The summed E-state index contributed by atoms with van der Waals surface area (Å²) < 4.78 is 17.2. The van der Waals surface area contributed by atoms with Crippen molar-refractivity contribution in [3.63, 3.8) is 0 Å². The zero-order valence-electron chi connectivity index (χ0n) is 16.9. The number of carbonyl (C=O) groups excluding carboxylic acids is 1. The Morgan fingerprint density at radius 3 is 2.74 bits per heavy atom. The van der Waals surface area contributed by atoms with Gasteiger partial charge >= 0.3 is 0 Å². The van der Waals surface area contributed by atoms with Crippen LogP contribution >= 0.6 is 23.1 Å². The van der Waals surface area contributed by atoms with E-state index >= 15 is 0 Å². The van der Waals surface area contributed by atoms with Gasteiger partial charge in [-0.2, -0.15) is 0 Å². The summed E-state index contributed by atoms with van der Waals surface area (Å²) in [4.78, 5) is 12.3. The van der Waals surface area contributed by atoms with Crippen LogP contribution in [-0.4, -0.2) is 42.2 Å². The van der Waals surface area contributed by atoms with Crippen LogP contribution in [0.2, 0.25) is 0 Å². The quantitative estimate of drug-likeness (QED) is 0.488. The van der Waals surface area contributed by atoms with Crippen molar-refractivity contribution >= 4 is 39.8 Å². The van der Waals surface area contributed by atoms with Crippen LogP contribution in [0.25, 0.3) is 0 Å². The third-order valence-corrected chi connectivity index (χ3v) is 6.38. The number of benzene rings is 2. The van der Waals surface area contributed by atoms with Crippen molar-refractivity contribution in [2.75, 3.05) is 36.7 Å². The Bertz CT molecular complexity index is 1030. The van der Waals surface area contributed by atoms with E-state index < -0.39 is 0 Å². The second-order valence-corrected chi connectivity index (χ2v) is 8.82. The number of nitrogens with one attached hydrogen (secondary N) is 2. The van der Waals surface area contributed by atoms with Gasteiger partial charge in [0.1, 0.15) is 5.75 Å². The summed E-state index contributed by atoms with van der Waals surface area (Å²) in [6, 6.07) is 13.2. The second-order valence-electron chi connectivity index (χ2n) is 6.62. The molecule has 4 rings (SSSR count). The molecule has 1 aliphatic heterocycles. The minimum atomic E-state index is -0.123. The van der Waals surface area contributed by atoms with Crippen LogP contribution in [-0.2, 0) is 11.3 Å². The maximum absolute atomic E-state index is 12.3. The Hall–Kier alpha value is -2.98. The predicted octanol–water partition coefficient (Wildman–Crippen LogP) is 4.05. The second kappa shape index (κ2) is 10.4. The van der Waals surface area contributed by atoms with Gasteiger partial charge in [-0.15, -0.1) is 10.2 Å². The van der Waals surface area contributed by atoms with E-state index in [1.807, 2.05) is 36.4 Å². The van der Waals surface area contributed by atoms with Crippen molar-refractivity contribution in [1.82, 2.24) is 10.2 Å². The lowest BCUT2D eigenvalue weighted by Gasteiger charge is -2.10. The van der Waals surface area contributed by atoms with E-state index in [1.54, 1.807) is 13.2 Å². The van der Waals surface area contributed by atoms with Crippen LogP contribution in [0.3, 0.4) is 0 Å². The van der Waals surface area contributed by atoms with E-state index in [2.05, 4.69) is 20.8 Å². The van der Waals surface area contributed by atoms with Crippen LogP contribution in [0.1, 0.15) is 12.0 Å². The number of nitrogens with zero attached hydrogens (tertiary/aromatic N) is 2. The number of fused-ring (bicyclic) bond motifs is 1. The maximum Gasteiger partial charge on any atom is 0.234 e. The summed E-state index contributed by atoms with van der Waals surface area (Å²) in [5, 5.41) is 15.1. The molecule has 2 heterocycles. The summed E-state index contributed by atoms with van der Waals surface area (Å²) in [5.74, 6) is 2.29. The number of amides is 1. The van der Waals surface area contributed by atoms with Gasteiger partial charge in [-0.3, -0.25) is 4.79 Å². The largest absolute Gasteiger partial charge is 0.497 e. The fourth-order valence-electron chi connectivity index (χ4n) is 2.83. The molecule has 2 N–H and O–H groups in total. The fraction of sp³-hybridized carbons (Fsp3) is 0.286. The van der Waals surface area contributed by atoms with Crippen molar-refractivity contribution in [2.45, 2.75) is 17.3 Å². The molecule has 3 aromatic rings. The minimum absolute atomic E-state index is 0.123. The van der Waals surface area contributed by atoms with Crippen molar-refractivity contribution in [2.24, 2.45) is 0 Å². The molecule has 0 unspecified atom stereocenters. The van der Waals surface area contributed by atoms with Crippen LogP contribution in [0.4, 0.5) is 10.8 Å². The van der Waals surface area contributed by atoms with Gasteiger partial charge in [-0.1, -0.05) is 35.2 Å². The first-order chi connectivity index (χ1) is 15.2. The minimum Gasteiger partial charge on any atom is -0.497 e. The number of hydrogen-bond donors (Lipinski definition) is 2. The van der Waals surface area contributed by atoms with Crippen LogP contribution in [0.5, 0.6) is 17.2 Å². The zero-order chi connectivity index (χ0) is 21.5. The third-order valence-electron chi connectivity index (χ3n) is 4.37. The SMILES string of the molecule is COc1ccc(CNc2nnc(SCC(=O)Nc3ccc4c(c3)OCCCO4)s2)cc1. The number of ether oxygens (including phenoxy) is 3. The maximum atomic E-state index is 12.3. The monoisotopic (exact) mass is 458 g/mol. The Labute approximate surface area is 188 Å². The number of hydrogen-bond acceptors (Lipinski definition) is 9. The highest BCUT2D eigenvalue weighted by atomic mass is 32.2. The van der Waals surface area contributed by atoms with Gasteiger partial charge in [0.2, 0.25) is 11.0 Å². The molecule has 2 aromatic carbocycles. The molecule has 8 nitrogen and oxygen atoms in total. The lowest BCUT2D eigenvalue weighted by molar-refractivity contribution is -0.113. The molecule has 0 bridgehead atoms. The lowest BCUT2D eigenvalue weighted by atomic mass is 10.2. The number of methoxy groups -OCH3 is 1. The molecular weight excluding hydrogens is 436 g/mol. The molecule has 0 spiro atoms. The normalized spacial score (nSPS) is 12.7. The predicted molar refractivity (Wildman–Crippen MR) is 122 cm³/mol. The molecule has 0 saturated carbocycles. The van der Waals surface area contributed by atoms with Crippen molar-refractivity contribution in [3.8, 4) is 17.2 Å². The summed E-state index contributed by atoms with van der Waals surface area (Å²) in [5.41, 5.74) is 1.79. The van der Waals surface area contributed by atoms with Crippen LogP contribution in [0, 0.1) is 0 Å². The summed E-state index contributed by atoms with van der Waals surface area (Å²) in [6.07, 6.45) is 0.839. The number of carbonyl (C=O) groups is 1. The lowest BCUT2D eigenvalue weighted by Crippen LogP contribution is -2.14. The average molecular weight is 459 g/mol. The number of anilines is 2. The van der Waals surface area contributed by atoms with Gasteiger partial charge in [-0.25, -0.2) is 0 Å². The molecule has 162 valence electrons. The molecule has 1 aromatic heterocycles. The van der Waals surface area contributed by atoms with Crippen LogP contribution in [0.15, 0.2) is 46.8 Å². The zero-order valence-corrected chi connectivity index (χ0v) is 18.6. The molecule has 0 aliphatic carbocycles. The van der Waals surface area contributed by atoms with Crippen molar-refractivity contribution in [1.29, 1.82) is 0 Å². The van der Waals surface area contributed by atoms with Gasteiger partial charge in [0.05, 0.1) is 26.1 Å². The van der Waals surface area contributed by atoms with E-state index in [4.69, 9.17) is 14.2 Å². The molecule has 1 amide bonds. The first kappa shape index (κ1) is 21.3. The van der Waals surface area contributed by atoms with Crippen LogP contribution < -0.4 is 24.8 Å². The van der Waals surface area contributed by atoms with Gasteiger partial charge in [0, 0.05) is 24.7 Å². The molecule has 31 heavy (non-hydrogen) atoms. The van der Waals surface area contributed by atoms with E-state index in [0.717, 1.165) is 22.1 Å². The average Bonchev–Trinajstić information content (AvgIpc) is 3.12. The van der Waals surface area contributed by atoms with E-state index in [0.29, 0.717) is 42.1 Å². The number of rotatable bonds is 8. The Morgan fingerprint density at radius 1 is 1.13 bits per heavy atom. The summed E-state index contributed by atoms with van der Waals surface area (Å²) >= 11 is 2.77. The molecule has 0 fully saturated rings. The summed E-state index contributed by atoms with van der Waals surface area (Å²) in [7, 11) is 1.64. The van der Waals surface area contributed by atoms with Gasteiger partial charge in [0.15, 0.2) is 15.8 Å². The topological polar surface area (TPSA) is 94.6 Å². The highest BCUT2D eigenvalue weighted by Gasteiger charge is 2.13. The summed E-state index contributed by atoms with van der Waals surface area (Å²) in [6.45, 7) is 1.87. The Kier molecular flexibility index (Phi) is 7.11. The highest BCUT2D eigenvalue weighted by Crippen LogP contribution is 2.32. The highest BCUT2D eigenvalue weighted by molar-refractivity contribution is 8.01. The molecule has 1 aliphatic rings. The molecule has 0 atom stereocenters. The van der Waals surface area contributed by atoms with Crippen molar-refractivity contribution in [3.05, 3.63) is 48.0 Å². The smallest absolute Gasteiger partial charge is 0.234 e. The van der Waals surface area contributed by atoms with Crippen molar-refractivity contribution < 1.29 is 19.0 Å². The van der Waals surface area contributed by atoms with Gasteiger partial charge in [0.25, 0.3) is 0 Å². The Morgan fingerprint density at radius 2 is 1.94 bits per heavy atom. The first-order valence-electron chi connectivity index (χ1n) is 9.72. The first-order valence-corrected chi connectivity index (χ1v) is 11.5.